The Morgan fingerprint density at radius 3 is 2.50 bits per heavy atom. The number of hydrogen-bond donors (Lipinski definition) is 0. The zero-order valence-corrected chi connectivity index (χ0v) is 14.7. The van der Waals surface area contributed by atoms with E-state index < -0.39 is 10.0 Å². The molecule has 2 heterocycles. The third-order valence-electron chi connectivity index (χ3n) is 4.77. The number of carbonyl (C=O) groups is 1. The van der Waals surface area contributed by atoms with Gasteiger partial charge in [0.2, 0.25) is 15.9 Å². The fraction of sp³-hybridized carbons (Fsp3) is 0.562. The lowest BCUT2D eigenvalue weighted by Crippen LogP contribution is -2.40. The number of carbonyl (C=O) groups excluding carboxylic acids is 1. The molecule has 0 saturated carbocycles. The van der Waals surface area contributed by atoms with Crippen LogP contribution in [0.2, 0.25) is 0 Å². The Hall–Kier alpha value is -1.64. The average molecular weight is 354 g/mol. The summed E-state index contributed by atoms with van der Waals surface area (Å²) in [4.78, 5) is 14.2. The summed E-state index contributed by atoms with van der Waals surface area (Å²) >= 11 is 0. The van der Waals surface area contributed by atoms with E-state index in [9.17, 15) is 13.2 Å². The number of likely N-dealkylation sites (tertiary alicyclic amines) is 1. The van der Waals surface area contributed by atoms with Gasteiger partial charge in [-0.3, -0.25) is 4.79 Å². The molecule has 0 radical (unpaired) electrons. The van der Waals surface area contributed by atoms with Crippen LogP contribution in [0.5, 0.6) is 5.75 Å². The summed E-state index contributed by atoms with van der Waals surface area (Å²) in [6.07, 6.45) is 0.902. The number of nitrogens with zero attached hydrogens (tertiary/aromatic N) is 2. The minimum Gasteiger partial charge on any atom is -0.497 e. The number of sulfonamides is 1. The van der Waals surface area contributed by atoms with Gasteiger partial charge < -0.3 is 14.4 Å². The molecule has 1 aromatic rings. The molecule has 1 amide bonds. The summed E-state index contributed by atoms with van der Waals surface area (Å²) in [5.74, 6) is 0.603. The van der Waals surface area contributed by atoms with E-state index in [-0.39, 0.29) is 29.3 Å². The molecule has 0 aromatic heterocycles. The first-order valence-corrected chi connectivity index (χ1v) is 9.37. The second-order valence-corrected chi connectivity index (χ2v) is 7.89. The van der Waals surface area contributed by atoms with Gasteiger partial charge in [0.1, 0.15) is 5.75 Å². The molecule has 2 saturated heterocycles. The topological polar surface area (TPSA) is 76.2 Å². The summed E-state index contributed by atoms with van der Waals surface area (Å²) < 4.78 is 37.5. The van der Waals surface area contributed by atoms with Crippen molar-refractivity contribution in [3.05, 3.63) is 24.3 Å². The Bertz CT molecular complexity index is 704. The van der Waals surface area contributed by atoms with Crippen molar-refractivity contribution in [2.45, 2.75) is 29.8 Å². The molecule has 0 N–H and O–H groups in total. The Balaban J connectivity index is 1.81. The molecule has 0 aliphatic carbocycles. The van der Waals surface area contributed by atoms with Crippen molar-refractivity contribution in [3.63, 3.8) is 0 Å². The van der Waals surface area contributed by atoms with Gasteiger partial charge in [-0.05, 0) is 30.7 Å². The smallest absolute Gasteiger partial charge is 0.243 e. The third-order valence-corrected chi connectivity index (χ3v) is 6.70. The molecule has 3 rings (SSSR count). The lowest BCUT2D eigenvalue weighted by molar-refractivity contribution is -0.129. The van der Waals surface area contributed by atoms with Crippen LogP contribution >= 0.6 is 0 Å². The van der Waals surface area contributed by atoms with Crippen LogP contribution in [-0.2, 0) is 19.6 Å². The Kier molecular flexibility index (Phi) is 4.80. The molecule has 1 aromatic carbocycles. The number of fused-ring (bicyclic) bond motifs is 1. The molecular formula is C16H22N2O5S. The maximum atomic E-state index is 12.9. The number of rotatable bonds is 6. The largest absolute Gasteiger partial charge is 0.497 e. The fourth-order valence-electron chi connectivity index (χ4n) is 3.55. The standard InChI is InChI=1S/C16H22N2O5S/c1-22-10-9-17-14-7-8-18(15(14)11-16(17)19)24(20,21)13-5-3-12(23-2)4-6-13/h3-6,14-15H,7-11H2,1-2H3/t14-,15-/m1/s1. The maximum Gasteiger partial charge on any atom is 0.243 e. The molecule has 2 aliphatic heterocycles. The molecule has 132 valence electrons. The lowest BCUT2D eigenvalue weighted by atomic mass is 10.1. The second-order valence-electron chi connectivity index (χ2n) is 6.00. The van der Waals surface area contributed by atoms with Gasteiger partial charge in [0.15, 0.2) is 0 Å². The maximum absolute atomic E-state index is 12.9. The van der Waals surface area contributed by atoms with Crippen molar-refractivity contribution in [2.75, 3.05) is 33.9 Å². The Morgan fingerprint density at radius 1 is 1.17 bits per heavy atom. The lowest BCUT2D eigenvalue weighted by Gasteiger charge is -2.25. The number of ether oxygens (including phenoxy) is 2. The van der Waals surface area contributed by atoms with Crippen LogP contribution in [0.25, 0.3) is 0 Å². The summed E-state index contributed by atoms with van der Waals surface area (Å²) in [6, 6.07) is 6.00. The van der Waals surface area contributed by atoms with Crippen LogP contribution < -0.4 is 4.74 Å². The van der Waals surface area contributed by atoms with Crippen molar-refractivity contribution in [1.29, 1.82) is 0 Å². The summed E-state index contributed by atoms with van der Waals surface area (Å²) in [6.45, 7) is 1.40. The van der Waals surface area contributed by atoms with E-state index >= 15 is 0 Å². The van der Waals surface area contributed by atoms with Gasteiger partial charge in [0.25, 0.3) is 0 Å². The predicted molar refractivity (Wildman–Crippen MR) is 87.3 cm³/mol. The zero-order chi connectivity index (χ0) is 17.3. The first kappa shape index (κ1) is 17.2. The third kappa shape index (κ3) is 2.89. The summed E-state index contributed by atoms with van der Waals surface area (Å²) in [5, 5.41) is 0. The molecule has 2 aliphatic rings. The van der Waals surface area contributed by atoms with Crippen molar-refractivity contribution < 1.29 is 22.7 Å². The van der Waals surface area contributed by atoms with Crippen LogP contribution in [0.3, 0.4) is 0 Å². The first-order chi connectivity index (χ1) is 11.5. The van der Waals surface area contributed by atoms with Gasteiger partial charge in [0.05, 0.1) is 30.7 Å². The monoisotopic (exact) mass is 354 g/mol. The van der Waals surface area contributed by atoms with Gasteiger partial charge in [-0.25, -0.2) is 8.42 Å². The molecule has 8 heteroatoms. The minimum atomic E-state index is -3.62. The van der Waals surface area contributed by atoms with Gasteiger partial charge >= 0.3 is 0 Å². The van der Waals surface area contributed by atoms with E-state index in [1.165, 1.54) is 11.4 Å². The van der Waals surface area contributed by atoms with Crippen molar-refractivity contribution >= 4 is 15.9 Å². The molecule has 0 unspecified atom stereocenters. The van der Waals surface area contributed by atoms with Crippen molar-refractivity contribution in [2.24, 2.45) is 0 Å². The highest BCUT2D eigenvalue weighted by molar-refractivity contribution is 7.89. The van der Waals surface area contributed by atoms with Gasteiger partial charge in [0, 0.05) is 26.6 Å². The fourth-order valence-corrected chi connectivity index (χ4v) is 5.22. The molecule has 0 bridgehead atoms. The van der Waals surface area contributed by atoms with Crippen LogP contribution in [-0.4, -0.2) is 69.5 Å². The van der Waals surface area contributed by atoms with Crippen molar-refractivity contribution in [1.82, 2.24) is 9.21 Å². The second kappa shape index (κ2) is 6.70. The highest BCUT2D eigenvalue weighted by atomic mass is 32.2. The van der Waals surface area contributed by atoms with Gasteiger partial charge in [-0.1, -0.05) is 0 Å². The SMILES string of the molecule is COCCN1C(=O)C[C@@H]2[C@H]1CCN2S(=O)(=O)c1ccc(OC)cc1. The normalized spacial score (nSPS) is 24.4. The number of amides is 1. The van der Waals surface area contributed by atoms with Crippen LogP contribution in [0, 0.1) is 0 Å². The number of hydrogen-bond acceptors (Lipinski definition) is 5. The Morgan fingerprint density at radius 2 is 1.88 bits per heavy atom. The first-order valence-electron chi connectivity index (χ1n) is 7.93. The van der Waals surface area contributed by atoms with Crippen LogP contribution in [0.4, 0.5) is 0 Å². The highest BCUT2D eigenvalue weighted by Gasteiger charge is 2.50. The molecule has 2 fully saturated rings. The minimum absolute atomic E-state index is 0.00307. The van der Waals surface area contributed by atoms with Crippen LogP contribution in [0.1, 0.15) is 12.8 Å². The van der Waals surface area contributed by atoms with E-state index in [2.05, 4.69) is 0 Å². The van der Waals surface area contributed by atoms with E-state index in [1.54, 1.807) is 36.3 Å². The Labute approximate surface area is 142 Å². The average Bonchev–Trinajstić information content (AvgIpc) is 3.11. The van der Waals surface area contributed by atoms with Crippen LogP contribution in [0.15, 0.2) is 29.2 Å². The highest BCUT2D eigenvalue weighted by Crippen LogP contribution is 2.36. The quantitative estimate of drug-likeness (QED) is 0.752. The molecule has 2 atom stereocenters. The van der Waals surface area contributed by atoms with E-state index in [0.717, 1.165) is 0 Å². The summed E-state index contributed by atoms with van der Waals surface area (Å²) in [5.41, 5.74) is 0. The predicted octanol–water partition coefficient (Wildman–Crippen LogP) is 0.706. The molecule has 0 spiro atoms. The number of methoxy groups -OCH3 is 2. The van der Waals surface area contributed by atoms with Gasteiger partial charge in [-0.2, -0.15) is 4.31 Å². The van der Waals surface area contributed by atoms with E-state index in [1.807, 2.05) is 0 Å². The molecule has 7 nitrogen and oxygen atoms in total. The van der Waals surface area contributed by atoms with E-state index in [0.29, 0.717) is 31.9 Å². The zero-order valence-electron chi connectivity index (χ0n) is 13.8. The molecule has 24 heavy (non-hydrogen) atoms. The number of benzene rings is 1. The summed E-state index contributed by atoms with van der Waals surface area (Å²) in [7, 11) is -0.492. The van der Waals surface area contributed by atoms with Crippen molar-refractivity contribution in [3.8, 4) is 5.75 Å². The molecular weight excluding hydrogens is 332 g/mol. The van der Waals surface area contributed by atoms with Gasteiger partial charge in [-0.15, -0.1) is 0 Å². The van der Waals surface area contributed by atoms with E-state index in [4.69, 9.17) is 9.47 Å².